The number of nitrogens with zero attached hydrogens (tertiary/aromatic N) is 1. The van der Waals surface area contributed by atoms with Crippen molar-refractivity contribution in [1.29, 1.82) is 0 Å². The Morgan fingerprint density at radius 1 is 1.40 bits per heavy atom. The van der Waals surface area contributed by atoms with Gasteiger partial charge in [0.05, 0.1) is 6.10 Å². The number of rotatable bonds is 4. The van der Waals surface area contributed by atoms with Crippen molar-refractivity contribution in [2.75, 3.05) is 19.7 Å². The first-order valence-electron chi connectivity index (χ1n) is 6.96. The average Bonchev–Trinajstić information content (AvgIpc) is 2.45. The van der Waals surface area contributed by atoms with E-state index in [4.69, 9.17) is 4.74 Å². The van der Waals surface area contributed by atoms with E-state index in [2.05, 4.69) is 0 Å². The third-order valence-electron chi connectivity index (χ3n) is 3.49. The van der Waals surface area contributed by atoms with Crippen LogP contribution >= 0.6 is 0 Å². The molecule has 1 saturated heterocycles. The summed E-state index contributed by atoms with van der Waals surface area (Å²) in [6.07, 6.45) is 2.42. The van der Waals surface area contributed by atoms with Crippen molar-refractivity contribution in [2.45, 2.75) is 32.3 Å². The Morgan fingerprint density at radius 3 is 2.75 bits per heavy atom. The van der Waals surface area contributed by atoms with Crippen LogP contribution in [0.5, 0.6) is 5.75 Å². The van der Waals surface area contributed by atoms with Crippen molar-refractivity contribution in [3.05, 3.63) is 29.6 Å². The van der Waals surface area contributed by atoms with Gasteiger partial charge in [-0.05, 0) is 38.3 Å². The molecule has 1 aliphatic heterocycles. The van der Waals surface area contributed by atoms with Crippen LogP contribution in [0, 0.1) is 5.82 Å². The van der Waals surface area contributed by atoms with E-state index >= 15 is 0 Å². The van der Waals surface area contributed by atoms with Gasteiger partial charge in [0.2, 0.25) is 0 Å². The zero-order valence-corrected chi connectivity index (χ0v) is 11.6. The van der Waals surface area contributed by atoms with Gasteiger partial charge in [-0.15, -0.1) is 0 Å². The molecular weight excluding hydrogens is 261 g/mol. The first kappa shape index (κ1) is 14.8. The molecule has 1 fully saturated rings. The van der Waals surface area contributed by atoms with E-state index in [1.54, 1.807) is 11.8 Å². The molecule has 0 radical (unpaired) electrons. The van der Waals surface area contributed by atoms with Crippen molar-refractivity contribution in [3.63, 3.8) is 0 Å². The molecule has 1 amide bonds. The summed E-state index contributed by atoms with van der Waals surface area (Å²) >= 11 is 0. The lowest BCUT2D eigenvalue weighted by molar-refractivity contribution is -0.134. The van der Waals surface area contributed by atoms with Gasteiger partial charge in [0, 0.05) is 24.7 Å². The second-order valence-corrected chi connectivity index (χ2v) is 5.09. The lowest BCUT2D eigenvalue weighted by Crippen LogP contribution is -2.38. The Hall–Kier alpha value is -1.62. The summed E-state index contributed by atoms with van der Waals surface area (Å²) < 4.78 is 18.6. The molecule has 110 valence electrons. The molecule has 0 aliphatic carbocycles. The minimum Gasteiger partial charge on any atom is -0.483 e. The largest absolute Gasteiger partial charge is 0.483 e. The van der Waals surface area contributed by atoms with Crippen LogP contribution in [0.4, 0.5) is 4.39 Å². The molecule has 1 atom stereocenters. The summed E-state index contributed by atoms with van der Waals surface area (Å²) in [6, 6.07) is 3.94. The Kier molecular flexibility index (Phi) is 4.95. The van der Waals surface area contributed by atoms with Crippen molar-refractivity contribution in [2.24, 2.45) is 0 Å². The number of hydrogen-bond acceptors (Lipinski definition) is 3. The number of ether oxygens (including phenoxy) is 1. The van der Waals surface area contributed by atoms with Gasteiger partial charge < -0.3 is 14.7 Å². The molecule has 1 aliphatic rings. The minimum absolute atomic E-state index is 0.0921. The van der Waals surface area contributed by atoms with Crippen LogP contribution in [-0.4, -0.2) is 35.6 Å². The average molecular weight is 281 g/mol. The normalized spacial score (nSPS) is 16.9. The molecule has 20 heavy (non-hydrogen) atoms. The lowest BCUT2D eigenvalue weighted by atomic mass is 10.1. The number of amides is 1. The SMILES string of the molecule is C[C@H](O)c1ccc(F)cc1OCC(=O)N1CCCCC1. The zero-order valence-electron chi connectivity index (χ0n) is 11.6. The Labute approximate surface area is 118 Å². The highest BCUT2D eigenvalue weighted by atomic mass is 19.1. The van der Waals surface area contributed by atoms with Crippen molar-refractivity contribution in [1.82, 2.24) is 4.90 Å². The quantitative estimate of drug-likeness (QED) is 0.921. The van der Waals surface area contributed by atoms with E-state index in [0.717, 1.165) is 32.4 Å². The molecular formula is C15H20FNO3. The molecule has 2 rings (SSSR count). The first-order chi connectivity index (χ1) is 9.58. The van der Waals surface area contributed by atoms with Gasteiger partial charge in [0.1, 0.15) is 11.6 Å². The second kappa shape index (κ2) is 6.70. The molecule has 0 bridgehead atoms. The zero-order chi connectivity index (χ0) is 14.5. The number of benzene rings is 1. The van der Waals surface area contributed by atoms with Gasteiger partial charge in [0.25, 0.3) is 5.91 Å². The van der Waals surface area contributed by atoms with E-state index in [1.807, 2.05) is 0 Å². The standard InChI is InChI=1S/C15H20FNO3/c1-11(18)13-6-5-12(16)9-14(13)20-10-15(19)17-7-3-2-4-8-17/h5-6,9,11,18H,2-4,7-8,10H2,1H3/t11-/m0/s1. The van der Waals surface area contributed by atoms with Crippen LogP contribution in [0.15, 0.2) is 18.2 Å². The van der Waals surface area contributed by atoms with Gasteiger partial charge in [-0.25, -0.2) is 4.39 Å². The maximum atomic E-state index is 13.2. The predicted octanol–water partition coefficient (Wildman–Crippen LogP) is 2.27. The summed E-state index contributed by atoms with van der Waals surface area (Å²) in [5.41, 5.74) is 0.484. The molecule has 1 N–H and O–H groups in total. The van der Waals surface area contributed by atoms with Crippen LogP contribution in [0.3, 0.4) is 0 Å². The highest BCUT2D eigenvalue weighted by molar-refractivity contribution is 5.77. The van der Waals surface area contributed by atoms with Gasteiger partial charge in [0.15, 0.2) is 6.61 Å². The van der Waals surface area contributed by atoms with E-state index in [1.165, 1.54) is 18.2 Å². The van der Waals surface area contributed by atoms with Crippen LogP contribution in [0.25, 0.3) is 0 Å². The van der Waals surface area contributed by atoms with E-state index in [0.29, 0.717) is 5.56 Å². The lowest BCUT2D eigenvalue weighted by Gasteiger charge is -2.26. The Morgan fingerprint density at radius 2 is 2.10 bits per heavy atom. The van der Waals surface area contributed by atoms with Gasteiger partial charge in [-0.1, -0.05) is 0 Å². The Balaban J connectivity index is 1.99. The summed E-state index contributed by atoms with van der Waals surface area (Å²) in [5, 5.41) is 9.61. The molecule has 1 aromatic rings. The first-order valence-corrected chi connectivity index (χ1v) is 6.96. The maximum Gasteiger partial charge on any atom is 0.260 e. The maximum absolute atomic E-state index is 13.2. The monoisotopic (exact) mass is 281 g/mol. The number of carbonyl (C=O) groups excluding carboxylic acids is 1. The Bertz CT molecular complexity index is 470. The summed E-state index contributed by atoms with van der Waals surface area (Å²) in [6.45, 7) is 2.97. The fourth-order valence-electron chi connectivity index (χ4n) is 2.35. The molecule has 1 heterocycles. The number of halogens is 1. The van der Waals surface area contributed by atoms with E-state index in [-0.39, 0.29) is 18.3 Å². The van der Waals surface area contributed by atoms with Gasteiger partial charge >= 0.3 is 0 Å². The minimum atomic E-state index is -0.768. The van der Waals surface area contributed by atoms with Crippen molar-refractivity contribution >= 4 is 5.91 Å². The number of aliphatic hydroxyl groups excluding tert-OH is 1. The fraction of sp³-hybridized carbons (Fsp3) is 0.533. The highest BCUT2D eigenvalue weighted by Gasteiger charge is 2.18. The van der Waals surface area contributed by atoms with Crippen molar-refractivity contribution in [3.8, 4) is 5.75 Å². The molecule has 0 unspecified atom stereocenters. The summed E-state index contributed by atoms with van der Waals surface area (Å²) in [5.74, 6) is -0.314. The number of aliphatic hydroxyl groups is 1. The van der Waals surface area contributed by atoms with Crippen LogP contribution < -0.4 is 4.74 Å². The number of likely N-dealkylation sites (tertiary alicyclic amines) is 1. The van der Waals surface area contributed by atoms with Crippen LogP contribution in [-0.2, 0) is 4.79 Å². The van der Waals surface area contributed by atoms with Crippen LogP contribution in [0.2, 0.25) is 0 Å². The van der Waals surface area contributed by atoms with Crippen LogP contribution in [0.1, 0.15) is 37.9 Å². The predicted molar refractivity (Wildman–Crippen MR) is 73.0 cm³/mol. The summed E-state index contributed by atoms with van der Waals surface area (Å²) in [4.78, 5) is 13.8. The molecule has 0 saturated carbocycles. The topological polar surface area (TPSA) is 49.8 Å². The van der Waals surface area contributed by atoms with Gasteiger partial charge in [-0.3, -0.25) is 4.79 Å². The number of piperidine rings is 1. The molecule has 4 nitrogen and oxygen atoms in total. The highest BCUT2D eigenvalue weighted by Crippen LogP contribution is 2.26. The van der Waals surface area contributed by atoms with Crippen molar-refractivity contribution < 1.29 is 19.0 Å². The molecule has 1 aromatic carbocycles. The second-order valence-electron chi connectivity index (χ2n) is 5.09. The molecule has 5 heteroatoms. The number of hydrogen-bond donors (Lipinski definition) is 1. The third-order valence-corrected chi connectivity index (χ3v) is 3.49. The van der Waals surface area contributed by atoms with Gasteiger partial charge in [-0.2, -0.15) is 0 Å². The van der Waals surface area contributed by atoms with E-state index < -0.39 is 11.9 Å². The summed E-state index contributed by atoms with van der Waals surface area (Å²) in [7, 11) is 0. The third kappa shape index (κ3) is 3.70. The molecule has 0 aromatic heterocycles. The molecule has 0 spiro atoms. The fourth-order valence-corrected chi connectivity index (χ4v) is 2.35. The van der Waals surface area contributed by atoms with E-state index in [9.17, 15) is 14.3 Å². The smallest absolute Gasteiger partial charge is 0.260 e. The number of carbonyl (C=O) groups is 1.